The number of nitrogens with one attached hydrogen (secondary N) is 2. The van der Waals surface area contributed by atoms with Crippen molar-refractivity contribution < 1.29 is 14.3 Å². The van der Waals surface area contributed by atoms with Crippen molar-refractivity contribution in [3.63, 3.8) is 0 Å². The second kappa shape index (κ2) is 10.0. The molecule has 6 heteroatoms. The summed E-state index contributed by atoms with van der Waals surface area (Å²) in [7, 11) is 1.60. The number of methoxy groups -OCH3 is 1. The molecule has 2 amide bonds. The molecule has 3 aromatic rings. The van der Waals surface area contributed by atoms with Crippen LogP contribution in [0, 0.1) is 0 Å². The van der Waals surface area contributed by atoms with Crippen LogP contribution in [0.3, 0.4) is 0 Å². The molecule has 1 heterocycles. The minimum atomic E-state index is -0.173. The van der Waals surface area contributed by atoms with Gasteiger partial charge in [0.25, 0.3) is 5.91 Å². The third kappa shape index (κ3) is 5.09. The van der Waals surface area contributed by atoms with Crippen LogP contribution >= 0.6 is 0 Å². The Labute approximate surface area is 188 Å². The standard InChI is InChI=1S/C26H27N3O3/c1-32-23-10-6-9-22(17-23)27-18-25(30)28-21-14-12-20(13-15-21)26(31)29-16-5-4-8-19-7-2-3-11-24(19)29/h2-3,6-7,9-15,17,27H,4-5,8,16,18H2,1H3,(H,28,30). The highest BCUT2D eigenvalue weighted by Gasteiger charge is 2.22. The molecule has 3 aromatic carbocycles. The number of nitrogens with zero attached hydrogens (tertiary/aromatic N) is 1. The average Bonchev–Trinajstić information content (AvgIpc) is 3.05. The SMILES string of the molecule is COc1cccc(NCC(=O)Nc2ccc(C(=O)N3CCCCc4ccccc43)cc2)c1. The van der Waals surface area contributed by atoms with Gasteiger partial charge in [0.15, 0.2) is 0 Å². The summed E-state index contributed by atoms with van der Waals surface area (Å²) in [5.74, 6) is 0.535. The maximum absolute atomic E-state index is 13.2. The summed E-state index contributed by atoms with van der Waals surface area (Å²) >= 11 is 0. The molecule has 0 aliphatic carbocycles. The number of hydrogen-bond acceptors (Lipinski definition) is 4. The number of anilines is 3. The second-order valence-electron chi connectivity index (χ2n) is 7.75. The Balaban J connectivity index is 1.37. The van der Waals surface area contributed by atoms with Gasteiger partial charge in [0.1, 0.15) is 5.75 Å². The number of aryl methyl sites for hydroxylation is 1. The minimum Gasteiger partial charge on any atom is -0.497 e. The Hall–Kier alpha value is -3.80. The van der Waals surface area contributed by atoms with E-state index in [2.05, 4.69) is 16.7 Å². The number of fused-ring (bicyclic) bond motifs is 1. The van der Waals surface area contributed by atoms with E-state index < -0.39 is 0 Å². The topological polar surface area (TPSA) is 70.7 Å². The van der Waals surface area contributed by atoms with E-state index in [4.69, 9.17) is 4.74 Å². The van der Waals surface area contributed by atoms with E-state index in [1.54, 1.807) is 31.4 Å². The summed E-state index contributed by atoms with van der Waals surface area (Å²) in [4.78, 5) is 27.3. The third-order valence-electron chi connectivity index (χ3n) is 5.54. The first-order chi connectivity index (χ1) is 15.6. The molecular formula is C26H27N3O3. The maximum atomic E-state index is 13.2. The van der Waals surface area contributed by atoms with Gasteiger partial charge < -0.3 is 20.3 Å². The van der Waals surface area contributed by atoms with E-state index in [1.807, 2.05) is 47.4 Å². The van der Waals surface area contributed by atoms with Gasteiger partial charge in [-0.3, -0.25) is 9.59 Å². The zero-order valence-electron chi connectivity index (χ0n) is 18.1. The Morgan fingerprint density at radius 1 is 0.938 bits per heavy atom. The molecule has 0 saturated carbocycles. The summed E-state index contributed by atoms with van der Waals surface area (Å²) in [5, 5.41) is 5.93. The normalized spacial score (nSPS) is 13.0. The number of amides is 2. The molecule has 0 saturated heterocycles. The highest BCUT2D eigenvalue weighted by Crippen LogP contribution is 2.27. The van der Waals surface area contributed by atoms with Gasteiger partial charge in [0.05, 0.1) is 13.7 Å². The molecule has 32 heavy (non-hydrogen) atoms. The van der Waals surface area contributed by atoms with Crippen molar-refractivity contribution in [2.45, 2.75) is 19.3 Å². The van der Waals surface area contributed by atoms with E-state index in [9.17, 15) is 9.59 Å². The third-order valence-corrected chi connectivity index (χ3v) is 5.54. The number of para-hydroxylation sites is 1. The van der Waals surface area contributed by atoms with Crippen LogP contribution in [0.1, 0.15) is 28.8 Å². The van der Waals surface area contributed by atoms with E-state index in [-0.39, 0.29) is 18.4 Å². The molecule has 0 aromatic heterocycles. The molecule has 1 aliphatic heterocycles. The molecule has 4 rings (SSSR count). The van der Waals surface area contributed by atoms with Crippen molar-refractivity contribution in [1.82, 2.24) is 0 Å². The van der Waals surface area contributed by atoms with Crippen LogP contribution in [-0.4, -0.2) is 32.0 Å². The van der Waals surface area contributed by atoms with E-state index in [0.717, 1.165) is 36.4 Å². The van der Waals surface area contributed by atoms with E-state index >= 15 is 0 Å². The van der Waals surface area contributed by atoms with Crippen molar-refractivity contribution in [2.75, 3.05) is 35.7 Å². The van der Waals surface area contributed by atoms with Crippen LogP contribution in [0.25, 0.3) is 0 Å². The largest absolute Gasteiger partial charge is 0.497 e. The Morgan fingerprint density at radius 3 is 2.56 bits per heavy atom. The zero-order chi connectivity index (χ0) is 22.3. The van der Waals surface area contributed by atoms with Gasteiger partial charge >= 0.3 is 0 Å². The Kier molecular flexibility index (Phi) is 6.70. The van der Waals surface area contributed by atoms with Crippen molar-refractivity contribution in [1.29, 1.82) is 0 Å². The van der Waals surface area contributed by atoms with Crippen LogP contribution in [0.15, 0.2) is 72.8 Å². The molecular weight excluding hydrogens is 402 g/mol. The smallest absolute Gasteiger partial charge is 0.258 e. The Morgan fingerprint density at radius 2 is 1.75 bits per heavy atom. The van der Waals surface area contributed by atoms with Crippen LogP contribution < -0.4 is 20.3 Å². The van der Waals surface area contributed by atoms with Crippen molar-refractivity contribution in [3.05, 3.63) is 83.9 Å². The maximum Gasteiger partial charge on any atom is 0.258 e. The molecule has 164 valence electrons. The summed E-state index contributed by atoms with van der Waals surface area (Å²) in [6, 6.07) is 22.6. The quantitative estimate of drug-likeness (QED) is 0.594. The lowest BCUT2D eigenvalue weighted by atomic mass is 10.1. The highest BCUT2D eigenvalue weighted by atomic mass is 16.5. The van der Waals surface area contributed by atoms with Crippen LogP contribution in [0.5, 0.6) is 5.75 Å². The van der Waals surface area contributed by atoms with Crippen LogP contribution in [0.4, 0.5) is 17.1 Å². The Bertz CT molecular complexity index is 1100. The molecule has 0 unspecified atom stereocenters. The molecule has 0 atom stereocenters. The number of ether oxygens (including phenoxy) is 1. The lowest BCUT2D eigenvalue weighted by Crippen LogP contribution is -2.31. The van der Waals surface area contributed by atoms with Gasteiger partial charge in [-0.25, -0.2) is 0 Å². The lowest BCUT2D eigenvalue weighted by Gasteiger charge is -2.23. The number of benzene rings is 3. The minimum absolute atomic E-state index is 0.0167. The number of hydrogen-bond donors (Lipinski definition) is 2. The molecule has 0 spiro atoms. The zero-order valence-corrected chi connectivity index (χ0v) is 18.1. The summed E-state index contributed by atoms with van der Waals surface area (Å²) < 4.78 is 5.19. The molecule has 0 fully saturated rings. The second-order valence-corrected chi connectivity index (χ2v) is 7.75. The fourth-order valence-electron chi connectivity index (χ4n) is 3.87. The molecule has 0 bridgehead atoms. The van der Waals surface area contributed by atoms with E-state index in [0.29, 0.717) is 17.8 Å². The highest BCUT2D eigenvalue weighted by molar-refractivity contribution is 6.07. The lowest BCUT2D eigenvalue weighted by molar-refractivity contribution is -0.114. The first-order valence-corrected chi connectivity index (χ1v) is 10.8. The molecule has 6 nitrogen and oxygen atoms in total. The molecule has 2 N–H and O–H groups in total. The molecule has 0 radical (unpaired) electrons. The first kappa shape index (κ1) is 21.4. The molecule has 1 aliphatic rings. The van der Waals surface area contributed by atoms with Crippen molar-refractivity contribution >= 4 is 28.9 Å². The van der Waals surface area contributed by atoms with Gasteiger partial charge in [-0.15, -0.1) is 0 Å². The monoisotopic (exact) mass is 429 g/mol. The van der Waals surface area contributed by atoms with Crippen LogP contribution in [-0.2, 0) is 11.2 Å². The fraction of sp³-hybridized carbons (Fsp3) is 0.231. The predicted molar refractivity (Wildman–Crippen MR) is 128 cm³/mol. The van der Waals surface area contributed by atoms with Crippen LogP contribution in [0.2, 0.25) is 0 Å². The summed E-state index contributed by atoms with van der Waals surface area (Å²) in [5.41, 5.74) is 4.27. The summed E-state index contributed by atoms with van der Waals surface area (Å²) in [6.45, 7) is 0.836. The average molecular weight is 430 g/mol. The fourth-order valence-corrected chi connectivity index (χ4v) is 3.87. The van der Waals surface area contributed by atoms with Gasteiger partial charge in [-0.05, 0) is 67.3 Å². The first-order valence-electron chi connectivity index (χ1n) is 10.8. The summed E-state index contributed by atoms with van der Waals surface area (Å²) in [6.07, 6.45) is 3.05. The van der Waals surface area contributed by atoms with Crippen molar-refractivity contribution in [2.24, 2.45) is 0 Å². The van der Waals surface area contributed by atoms with Gasteiger partial charge in [-0.1, -0.05) is 24.3 Å². The number of carbonyl (C=O) groups is 2. The predicted octanol–water partition coefficient (Wildman–Crippen LogP) is 4.73. The van der Waals surface area contributed by atoms with E-state index in [1.165, 1.54) is 5.56 Å². The van der Waals surface area contributed by atoms with Gasteiger partial charge in [-0.2, -0.15) is 0 Å². The van der Waals surface area contributed by atoms with Gasteiger partial charge in [0.2, 0.25) is 5.91 Å². The van der Waals surface area contributed by atoms with Gasteiger partial charge in [0, 0.05) is 35.2 Å². The van der Waals surface area contributed by atoms with Crippen molar-refractivity contribution in [3.8, 4) is 5.75 Å². The number of carbonyl (C=O) groups excluding carboxylic acids is 2. The number of rotatable bonds is 6.